The zero-order chi connectivity index (χ0) is 13.5. The van der Waals surface area contributed by atoms with Crippen molar-refractivity contribution in [3.63, 3.8) is 0 Å². The third-order valence-corrected chi connectivity index (χ3v) is 2.47. The van der Waals surface area contributed by atoms with E-state index in [4.69, 9.17) is 10.5 Å². The molecule has 4 nitrogen and oxygen atoms in total. The molecule has 6 heteroatoms. The molecule has 0 amide bonds. The molecule has 1 aromatic carbocycles. The van der Waals surface area contributed by atoms with Crippen molar-refractivity contribution in [3.05, 3.63) is 23.8 Å². The largest absolute Gasteiger partial charge is 0.490 e. The average Bonchev–Trinajstić information content (AvgIpc) is 2.33. The first-order valence-electron chi connectivity index (χ1n) is 5.71. The molecule has 0 saturated carbocycles. The van der Waals surface area contributed by atoms with Crippen LogP contribution in [0.1, 0.15) is 18.5 Å². The first kappa shape index (κ1) is 14.7. The first-order valence-corrected chi connectivity index (χ1v) is 5.71. The van der Waals surface area contributed by atoms with E-state index in [0.717, 1.165) is 5.56 Å². The number of nitrogens with two attached hydrogens (primary N) is 1. The molecule has 0 radical (unpaired) electrons. The third-order valence-electron chi connectivity index (χ3n) is 2.47. The van der Waals surface area contributed by atoms with Crippen LogP contribution in [0.2, 0.25) is 0 Å². The van der Waals surface area contributed by atoms with Crippen LogP contribution in [0.3, 0.4) is 0 Å². The lowest BCUT2D eigenvalue weighted by Crippen LogP contribution is -2.24. The molecule has 0 aliphatic heterocycles. The van der Waals surface area contributed by atoms with E-state index in [9.17, 15) is 8.78 Å². The van der Waals surface area contributed by atoms with Gasteiger partial charge in [-0.25, -0.2) is 0 Å². The van der Waals surface area contributed by atoms with E-state index >= 15 is 0 Å². The van der Waals surface area contributed by atoms with E-state index in [1.54, 1.807) is 26.1 Å². The van der Waals surface area contributed by atoms with Gasteiger partial charge in [0.05, 0.1) is 6.61 Å². The van der Waals surface area contributed by atoms with Gasteiger partial charge in [0, 0.05) is 12.6 Å². The van der Waals surface area contributed by atoms with Crippen molar-refractivity contribution >= 4 is 0 Å². The van der Waals surface area contributed by atoms with Gasteiger partial charge in [-0.1, -0.05) is 6.07 Å². The first-order chi connectivity index (χ1) is 8.62. The highest BCUT2D eigenvalue weighted by Crippen LogP contribution is 2.31. The lowest BCUT2D eigenvalue weighted by Gasteiger charge is -2.17. The van der Waals surface area contributed by atoms with Crippen molar-refractivity contribution in [1.82, 2.24) is 5.32 Å². The maximum absolute atomic E-state index is 12.2. The Balaban J connectivity index is 3.01. The Morgan fingerprint density at radius 2 is 2.06 bits per heavy atom. The minimum atomic E-state index is -2.87. The van der Waals surface area contributed by atoms with E-state index in [0.29, 0.717) is 18.9 Å². The maximum Gasteiger partial charge on any atom is 0.387 e. The number of nitrogens with one attached hydrogen (secondary N) is 1. The monoisotopic (exact) mass is 260 g/mol. The number of hydrogen-bond donors (Lipinski definition) is 2. The summed E-state index contributed by atoms with van der Waals surface area (Å²) in [5, 5.41) is 3.03. The van der Waals surface area contributed by atoms with E-state index in [1.165, 1.54) is 6.07 Å². The summed E-state index contributed by atoms with van der Waals surface area (Å²) in [4.78, 5) is 0. The molecule has 0 bridgehead atoms. The Kier molecular flexibility index (Phi) is 5.80. The van der Waals surface area contributed by atoms with Gasteiger partial charge in [0.1, 0.15) is 0 Å². The van der Waals surface area contributed by atoms with E-state index in [1.807, 2.05) is 0 Å². The van der Waals surface area contributed by atoms with Crippen LogP contribution in [0.4, 0.5) is 8.78 Å². The molecule has 3 N–H and O–H groups in total. The molecule has 1 atom stereocenters. The number of alkyl halides is 2. The van der Waals surface area contributed by atoms with Gasteiger partial charge in [0.15, 0.2) is 11.5 Å². The summed E-state index contributed by atoms with van der Waals surface area (Å²) in [6, 6.07) is 4.76. The maximum atomic E-state index is 12.2. The average molecular weight is 260 g/mol. The van der Waals surface area contributed by atoms with Crippen molar-refractivity contribution in [2.45, 2.75) is 19.6 Å². The molecule has 1 aromatic rings. The topological polar surface area (TPSA) is 56.5 Å². The Morgan fingerprint density at radius 1 is 1.33 bits per heavy atom. The van der Waals surface area contributed by atoms with Gasteiger partial charge in [-0.05, 0) is 31.7 Å². The second-order valence-electron chi connectivity index (χ2n) is 3.59. The SMILES string of the molecule is CCOc1cc(C(CN)NC)ccc1OC(F)F. The van der Waals surface area contributed by atoms with Crippen molar-refractivity contribution in [3.8, 4) is 11.5 Å². The van der Waals surface area contributed by atoms with Gasteiger partial charge >= 0.3 is 6.61 Å². The number of rotatable bonds is 7. The molecule has 0 fully saturated rings. The summed E-state index contributed by atoms with van der Waals surface area (Å²) in [5.41, 5.74) is 6.47. The van der Waals surface area contributed by atoms with Crippen LogP contribution < -0.4 is 20.5 Å². The fourth-order valence-corrected chi connectivity index (χ4v) is 1.62. The number of hydrogen-bond acceptors (Lipinski definition) is 4. The summed E-state index contributed by atoms with van der Waals surface area (Å²) in [6.45, 7) is -0.325. The molecular weight excluding hydrogens is 242 g/mol. The molecule has 0 aliphatic carbocycles. The van der Waals surface area contributed by atoms with Crippen LogP contribution in [0.15, 0.2) is 18.2 Å². The summed E-state index contributed by atoms with van der Waals surface area (Å²) in [5.74, 6) is 0.325. The van der Waals surface area contributed by atoms with Crippen LogP contribution in [0.25, 0.3) is 0 Å². The van der Waals surface area contributed by atoms with Crippen LogP contribution in [0, 0.1) is 0 Å². The summed E-state index contributed by atoms with van der Waals surface area (Å²) < 4.78 is 34.1. The minimum absolute atomic E-state index is 0.0301. The van der Waals surface area contributed by atoms with Gasteiger partial charge in [-0.2, -0.15) is 8.78 Å². The predicted molar refractivity (Wildman–Crippen MR) is 65.1 cm³/mol. The lowest BCUT2D eigenvalue weighted by atomic mass is 10.1. The second kappa shape index (κ2) is 7.13. The van der Waals surface area contributed by atoms with Crippen molar-refractivity contribution < 1.29 is 18.3 Å². The quantitative estimate of drug-likeness (QED) is 0.786. The Hall–Kier alpha value is -1.40. The van der Waals surface area contributed by atoms with Gasteiger partial charge < -0.3 is 20.5 Å². The minimum Gasteiger partial charge on any atom is -0.490 e. The fourth-order valence-electron chi connectivity index (χ4n) is 1.62. The van der Waals surface area contributed by atoms with E-state index in [2.05, 4.69) is 10.1 Å². The molecular formula is C12H18F2N2O2. The fraction of sp³-hybridized carbons (Fsp3) is 0.500. The van der Waals surface area contributed by atoms with Crippen LogP contribution in [-0.2, 0) is 0 Å². The summed E-state index contributed by atoms with van der Waals surface area (Å²) in [6.07, 6.45) is 0. The second-order valence-corrected chi connectivity index (χ2v) is 3.59. The van der Waals surface area contributed by atoms with Gasteiger partial charge in [0.25, 0.3) is 0 Å². The van der Waals surface area contributed by atoms with Crippen LogP contribution in [0.5, 0.6) is 11.5 Å². The molecule has 0 heterocycles. The Morgan fingerprint density at radius 3 is 2.56 bits per heavy atom. The molecule has 0 saturated heterocycles. The number of halogens is 2. The highest BCUT2D eigenvalue weighted by Gasteiger charge is 2.14. The van der Waals surface area contributed by atoms with Crippen LogP contribution >= 0.6 is 0 Å². The van der Waals surface area contributed by atoms with E-state index in [-0.39, 0.29) is 11.8 Å². The summed E-state index contributed by atoms with van der Waals surface area (Å²) >= 11 is 0. The Bertz CT molecular complexity index is 371. The summed E-state index contributed by atoms with van der Waals surface area (Å²) in [7, 11) is 1.78. The molecule has 1 unspecified atom stereocenters. The zero-order valence-electron chi connectivity index (χ0n) is 10.5. The molecule has 0 aromatic heterocycles. The van der Waals surface area contributed by atoms with Crippen molar-refractivity contribution in [2.75, 3.05) is 20.2 Å². The molecule has 0 spiro atoms. The number of ether oxygens (including phenoxy) is 2. The highest BCUT2D eigenvalue weighted by atomic mass is 19.3. The normalized spacial score (nSPS) is 12.6. The van der Waals surface area contributed by atoms with Gasteiger partial charge in [-0.15, -0.1) is 0 Å². The Labute approximate surface area is 105 Å². The molecule has 0 aliphatic rings. The standard InChI is InChI=1S/C12H18F2N2O2/c1-3-17-11-6-8(9(7-15)16-2)4-5-10(11)18-12(13)14/h4-6,9,12,16H,3,7,15H2,1-2H3. The lowest BCUT2D eigenvalue weighted by molar-refractivity contribution is -0.0514. The molecule has 1 rings (SSSR count). The smallest absolute Gasteiger partial charge is 0.387 e. The van der Waals surface area contributed by atoms with Crippen LogP contribution in [-0.4, -0.2) is 26.8 Å². The third kappa shape index (κ3) is 3.82. The number of likely N-dealkylation sites (N-methyl/N-ethyl adjacent to an activating group) is 1. The van der Waals surface area contributed by atoms with E-state index < -0.39 is 6.61 Å². The highest BCUT2D eigenvalue weighted by molar-refractivity contribution is 5.44. The predicted octanol–water partition coefficient (Wildman–Crippen LogP) is 1.91. The van der Waals surface area contributed by atoms with Gasteiger partial charge in [-0.3, -0.25) is 0 Å². The van der Waals surface area contributed by atoms with Crippen molar-refractivity contribution in [1.29, 1.82) is 0 Å². The van der Waals surface area contributed by atoms with Gasteiger partial charge in [0.2, 0.25) is 0 Å². The molecule has 18 heavy (non-hydrogen) atoms. The number of benzene rings is 1. The molecule has 102 valence electrons. The van der Waals surface area contributed by atoms with Crippen molar-refractivity contribution in [2.24, 2.45) is 5.73 Å². The zero-order valence-corrected chi connectivity index (χ0v) is 10.5.